The molecule has 0 saturated carbocycles. The number of alkyl halides is 3. The van der Waals surface area contributed by atoms with E-state index in [-0.39, 0.29) is 40.4 Å². The van der Waals surface area contributed by atoms with Crippen LogP contribution in [-0.4, -0.2) is 34.7 Å². The highest BCUT2D eigenvalue weighted by Crippen LogP contribution is 2.35. The summed E-state index contributed by atoms with van der Waals surface area (Å²) in [5, 5.41) is 5.75. The monoisotopic (exact) mass is 586 g/mol. The molecule has 5 rings (SSSR count). The van der Waals surface area contributed by atoms with Crippen LogP contribution in [0.25, 0.3) is 17.0 Å². The molecule has 39 heavy (non-hydrogen) atoms. The molecule has 12 heteroatoms. The van der Waals surface area contributed by atoms with Crippen LogP contribution in [0.1, 0.15) is 10.4 Å². The highest BCUT2D eigenvalue weighted by molar-refractivity contribution is 8.18. The number of amides is 2. The normalized spacial score (nSPS) is 15.7. The number of nitrogens with zero attached hydrogens (tertiary/aromatic N) is 3. The molecule has 2 aromatic heterocycles. The Bertz CT molecular complexity index is 1620. The number of aliphatic imine (C=N–C) groups is 1. The van der Waals surface area contributed by atoms with Crippen molar-refractivity contribution in [2.75, 3.05) is 11.4 Å². The van der Waals surface area contributed by atoms with Crippen LogP contribution in [0.3, 0.4) is 0 Å². The third-order valence-corrected chi connectivity index (χ3v) is 7.85. The van der Waals surface area contributed by atoms with Gasteiger partial charge in [-0.2, -0.15) is 13.2 Å². The van der Waals surface area contributed by atoms with Crippen molar-refractivity contribution in [1.82, 2.24) is 10.3 Å². The Morgan fingerprint density at radius 1 is 1.13 bits per heavy atom. The number of thiophene rings is 1. The summed E-state index contributed by atoms with van der Waals surface area (Å²) in [6, 6.07) is 16.9. The minimum atomic E-state index is -5.06. The number of thioether (sulfide) groups is 1. The van der Waals surface area contributed by atoms with Crippen molar-refractivity contribution >= 4 is 80.0 Å². The van der Waals surface area contributed by atoms with Gasteiger partial charge in [-0.15, -0.1) is 11.3 Å². The van der Waals surface area contributed by atoms with Crippen LogP contribution >= 0.6 is 34.7 Å². The quantitative estimate of drug-likeness (QED) is 0.247. The van der Waals surface area contributed by atoms with Crippen LogP contribution < -0.4 is 10.2 Å². The van der Waals surface area contributed by atoms with Crippen molar-refractivity contribution in [2.24, 2.45) is 4.99 Å². The van der Waals surface area contributed by atoms with Gasteiger partial charge in [-0.1, -0.05) is 29.8 Å². The molecule has 1 fully saturated rings. The Morgan fingerprint density at radius 2 is 1.97 bits per heavy atom. The van der Waals surface area contributed by atoms with E-state index < -0.39 is 12.1 Å². The van der Waals surface area contributed by atoms with Gasteiger partial charge >= 0.3 is 12.1 Å². The number of halogens is 4. The van der Waals surface area contributed by atoms with Crippen LogP contribution in [0, 0.1) is 0 Å². The van der Waals surface area contributed by atoms with Crippen molar-refractivity contribution in [3.63, 3.8) is 0 Å². The number of pyridine rings is 1. The first kappa shape index (κ1) is 26.9. The summed E-state index contributed by atoms with van der Waals surface area (Å²) < 4.78 is 40.2. The first-order chi connectivity index (χ1) is 18.7. The molecular formula is C27H18ClF3N4O2S2. The molecule has 0 aliphatic carbocycles. The average molecular weight is 587 g/mol. The van der Waals surface area contributed by atoms with Crippen molar-refractivity contribution in [1.29, 1.82) is 0 Å². The Hall–Kier alpha value is -3.67. The van der Waals surface area contributed by atoms with E-state index in [0.717, 1.165) is 33.1 Å². The zero-order valence-corrected chi connectivity index (χ0v) is 22.3. The Labute approximate surface area is 234 Å². The Balaban J connectivity index is 1.41. The van der Waals surface area contributed by atoms with Gasteiger partial charge in [0.05, 0.1) is 21.1 Å². The minimum Gasteiger partial charge on any atom is -0.304 e. The SMILES string of the molecule is O=C1NC(=Nc2cc(N(CCc3cccs3)C(=O)C(F)(F)F)ccc2Cl)SC1=Cc1ccc2ncccc2c1. The van der Waals surface area contributed by atoms with Gasteiger partial charge in [-0.3, -0.25) is 14.6 Å². The molecule has 198 valence electrons. The lowest BCUT2D eigenvalue weighted by Gasteiger charge is -2.24. The molecule has 0 radical (unpaired) electrons. The van der Waals surface area contributed by atoms with Crippen molar-refractivity contribution in [3.8, 4) is 0 Å². The van der Waals surface area contributed by atoms with Gasteiger partial charge in [0.25, 0.3) is 5.91 Å². The standard InChI is InChI=1S/C27H18ClF3N4O2S2/c28-20-7-6-18(35(25(37)27(29,30)31)11-9-19-4-2-12-38-19)15-22(20)33-26-34-24(36)23(39-26)14-16-5-8-21-17(13-16)3-1-10-32-21/h1-8,10,12-15H,9,11H2,(H,33,34,36). The van der Waals surface area contributed by atoms with Crippen LogP contribution in [0.5, 0.6) is 0 Å². The number of carbonyl (C=O) groups excluding carboxylic acids is 2. The van der Waals surface area contributed by atoms with Gasteiger partial charge in [0, 0.05) is 28.7 Å². The van der Waals surface area contributed by atoms with E-state index in [1.54, 1.807) is 24.4 Å². The van der Waals surface area contributed by atoms with Crippen molar-refractivity contribution < 1.29 is 22.8 Å². The first-order valence-corrected chi connectivity index (χ1v) is 13.6. The summed E-state index contributed by atoms with van der Waals surface area (Å²) in [5.41, 5.74) is 1.73. The summed E-state index contributed by atoms with van der Waals surface area (Å²) in [5.74, 6) is -2.36. The highest BCUT2D eigenvalue weighted by atomic mass is 35.5. The highest BCUT2D eigenvalue weighted by Gasteiger charge is 2.43. The molecule has 3 heterocycles. The maximum atomic E-state index is 13.4. The average Bonchev–Trinajstić information content (AvgIpc) is 3.54. The maximum Gasteiger partial charge on any atom is 0.471 e. The molecule has 1 N–H and O–H groups in total. The van der Waals surface area contributed by atoms with E-state index in [4.69, 9.17) is 11.6 Å². The number of aromatic nitrogens is 1. The molecule has 2 amide bonds. The molecule has 4 aromatic rings. The van der Waals surface area contributed by atoms with Crippen LogP contribution in [0.2, 0.25) is 5.02 Å². The largest absolute Gasteiger partial charge is 0.471 e. The number of benzene rings is 2. The van der Waals surface area contributed by atoms with E-state index in [1.165, 1.54) is 29.5 Å². The van der Waals surface area contributed by atoms with E-state index >= 15 is 0 Å². The number of amidine groups is 1. The third-order valence-electron chi connectivity index (χ3n) is 5.69. The maximum absolute atomic E-state index is 13.4. The number of nitrogens with one attached hydrogen (secondary N) is 1. The van der Waals surface area contributed by atoms with Gasteiger partial charge in [0.1, 0.15) is 0 Å². The lowest BCUT2D eigenvalue weighted by Crippen LogP contribution is -2.42. The number of fused-ring (bicyclic) bond motifs is 1. The Morgan fingerprint density at radius 3 is 2.74 bits per heavy atom. The molecule has 0 unspecified atom stereocenters. The zero-order valence-electron chi connectivity index (χ0n) is 19.9. The molecule has 0 atom stereocenters. The van der Waals surface area contributed by atoms with Gasteiger partial charge < -0.3 is 10.2 Å². The van der Waals surface area contributed by atoms with E-state index in [1.807, 2.05) is 35.7 Å². The van der Waals surface area contributed by atoms with Crippen LogP contribution in [-0.2, 0) is 16.0 Å². The molecule has 0 bridgehead atoms. The zero-order chi connectivity index (χ0) is 27.6. The van der Waals surface area contributed by atoms with E-state index in [0.29, 0.717) is 9.81 Å². The summed E-state index contributed by atoms with van der Waals surface area (Å²) in [6.07, 6.45) is -1.40. The van der Waals surface area contributed by atoms with E-state index in [2.05, 4.69) is 15.3 Å². The lowest BCUT2D eigenvalue weighted by molar-refractivity contribution is -0.170. The number of hydrogen-bond acceptors (Lipinski definition) is 6. The minimum absolute atomic E-state index is 0.00695. The number of rotatable bonds is 6. The van der Waals surface area contributed by atoms with Gasteiger partial charge in [0.15, 0.2) is 5.17 Å². The number of carbonyl (C=O) groups is 2. The summed E-state index contributed by atoms with van der Waals surface area (Å²) >= 11 is 8.76. The van der Waals surface area contributed by atoms with Crippen LogP contribution in [0.15, 0.2) is 82.1 Å². The molecular weight excluding hydrogens is 569 g/mol. The van der Waals surface area contributed by atoms with Gasteiger partial charge in [0.2, 0.25) is 0 Å². The molecule has 6 nitrogen and oxygen atoms in total. The van der Waals surface area contributed by atoms with Crippen molar-refractivity contribution in [2.45, 2.75) is 12.6 Å². The fourth-order valence-corrected chi connectivity index (χ4v) is 5.55. The number of anilines is 1. The molecule has 1 saturated heterocycles. The predicted molar refractivity (Wildman–Crippen MR) is 150 cm³/mol. The topological polar surface area (TPSA) is 74.7 Å². The molecule has 1 aliphatic heterocycles. The summed E-state index contributed by atoms with van der Waals surface area (Å²) in [6.45, 7) is -0.184. The fourth-order valence-electron chi connectivity index (χ4n) is 3.86. The summed E-state index contributed by atoms with van der Waals surface area (Å²) in [7, 11) is 0. The number of hydrogen-bond donors (Lipinski definition) is 1. The molecule has 2 aromatic carbocycles. The fraction of sp³-hybridized carbons (Fsp3) is 0.111. The van der Waals surface area contributed by atoms with Crippen molar-refractivity contribution in [3.05, 3.63) is 92.6 Å². The smallest absolute Gasteiger partial charge is 0.304 e. The summed E-state index contributed by atoms with van der Waals surface area (Å²) in [4.78, 5) is 35.4. The van der Waals surface area contributed by atoms with Gasteiger partial charge in [-0.25, -0.2) is 4.99 Å². The van der Waals surface area contributed by atoms with Crippen LogP contribution in [0.4, 0.5) is 24.5 Å². The molecule has 1 aliphatic rings. The Kier molecular flexibility index (Phi) is 7.74. The second-order valence-electron chi connectivity index (χ2n) is 8.36. The van der Waals surface area contributed by atoms with Gasteiger partial charge in [-0.05, 0) is 77.7 Å². The second-order valence-corrected chi connectivity index (χ2v) is 10.8. The second kappa shape index (κ2) is 11.2. The molecule has 0 spiro atoms. The third kappa shape index (κ3) is 6.32. The lowest BCUT2D eigenvalue weighted by atomic mass is 10.1. The first-order valence-electron chi connectivity index (χ1n) is 11.5. The van der Waals surface area contributed by atoms with E-state index in [9.17, 15) is 22.8 Å². The predicted octanol–water partition coefficient (Wildman–Crippen LogP) is 6.98.